The molecule has 1 saturated heterocycles. The molecule has 2 aromatic heterocycles. The second-order valence-electron chi connectivity index (χ2n) is 6.76. The first kappa shape index (κ1) is 16.9. The minimum absolute atomic E-state index is 0.0128. The average Bonchev–Trinajstić information content (AvgIpc) is 2.95. The van der Waals surface area contributed by atoms with Gasteiger partial charge >= 0.3 is 0 Å². The summed E-state index contributed by atoms with van der Waals surface area (Å²) in [7, 11) is 0. The van der Waals surface area contributed by atoms with Crippen molar-refractivity contribution in [3.05, 3.63) is 35.8 Å². The number of morpholine rings is 1. The minimum atomic E-state index is -0.0233. The van der Waals surface area contributed by atoms with Crippen LogP contribution in [0.25, 0.3) is 5.65 Å². The summed E-state index contributed by atoms with van der Waals surface area (Å²) >= 11 is 0. The van der Waals surface area contributed by atoms with Gasteiger partial charge in [0.2, 0.25) is 5.91 Å². The number of nitrogens with zero attached hydrogens (tertiary/aromatic N) is 3. The zero-order chi connectivity index (χ0) is 17.1. The molecule has 6 heteroatoms. The van der Waals surface area contributed by atoms with Crippen LogP contribution in [0, 0.1) is 6.92 Å². The maximum Gasteiger partial charge on any atom is 0.222 e. The summed E-state index contributed by atoms with van der Waals surface area (Å²) < 4.78 is 7.69. The smallest absolute Gasteiger partial charge is 0.222 e. The number of hydrogen-bond acceptors (Lipinski definition) is 4. The van der Waals surface area contributed by atoms with Gasteiger partial charge in [-0.3, -0.25) is 9.69 Å². The van der Waals surface area contributed by atoms with Gasteiger partial charge in [-0.15, -0.1) is 0 Å². The highest BCUT2D eigenvalue weighted by atomic mass is 16.5. The second-order valence-corrected chi connectivity index (χ2v) is 6.76. The average molecular weight is 330 g/mol. The number of hydrogen-bond donors (Lipinski definition) is 1. The summed E-state index contributed by atoms with van der Waals surface area (Å²) in [5.41, 5.74) is 2.94. The Morgan fingerprint density at radius 2 is 2.33 bits per heavy atom. The lowest BCUT2D eigenvalue weighted by Gasteiger charge is -2.35. The predicted molar refractivity (Wildman–Crippen MR) is 92.8 cm³/mol. The molecular formula is C18H26N4O2. The predicted octanol–water partition coefficient (Wildman–Crippen LogP) is 1.76. The molecule has 0 aromatic carbocycles. The number of pyridine rings is 1. The third kappa shape index (κ3) is 4.13. The zero-order valence-corrected chi connectivity index (χ0v) is 14.7. The number of carbonyl (C=O) groups excluding carboxylic acids is 1. The van der Waals surface area contributed by atoms with Gasteiger partial charge in [0.1, 0.15) is 5.65 Å². The molecule has 1 fully saturated rings. The van der Waals surface area contributed by atoms with E-state index in [0.29, 0.717) is 25.6 Å². The van der Waals surface area contributed by atoms with Crippen molar-refractivity contribution in [3.8, 4) is 0 Å². The number of ether oxygens (including phenoxy) is 1. The lowest BCUT2D eigenvalue weighted by molar-refractivity contribution is -0.126. The molecule has 1 atom stereocenters. The molecule has 0 radical (unpaired) electrons. The Morgan fingerprint density at radius 1 is 1.50 bits per heavy atom. The van der Waals surface area contributed by atoms with Gasteiger partial charge in [-0.25, -0.2) is 4.98 Å². The number of imidazole rings is 1. The number of aromatic nitrogens is 2. The molecule has 0 unspecified atom stereocenters. The summed E-state index contributed by atoms with van der Waals surface area (Å²) in [5.74, 6) is 0.0128. The van der Waals surface area contributed by atoms with E-state index in [1.807, 2.05) is 35.9 Å². The van der Waals surface area contributed by atoms with Crippen LogP contribution in [0.5, 0.6) is 0 Å². The van der Waals surface area contributed by atoms with Gasteiger partial charge in [0.25, 0.3) is 0 Å². The molecule has 1 aliphatic rings. The van der Waals surface area contributed by atoms with E-state index in [1.54, 1.807) is 0 Å². The Morgan fingerprint density at radius 3 is 3.12 bits per heavy atom. The van der Waals surface area contributed by atoms with Crippen LogP contribution in [-0.2, 0) is 16.1 Å². The van der Waals surface area contributed by atoms with Crippen LogP contribution in [0.4, 0.5) is 0 Å². The number of nitrogens with one attached hydrogen (secondary N) is 1. The van der Waals surface area contributed by atoms with E-state index in [-0.39, 0.29) is 12.0 Å². The molecule has 1 amide bonds. The molecule has 0 aliphatic carbocycles. The Labute approximate surface area is 142 Å². The molecule has 6 nitrogen and oxygen atoms in total. The summed E-state index contributed by atoms with van der Waals surface area (Å²) in [6.07, 6.45) is 4.31. The third-order valence-corrected chi connectivity index (χ3v) is 4.45. The molecule has 24 heavy (non-hydrogen) atoms. The quantitative estimate of drug-likeness (QED) is 0.907. The number of carbonyl (C=O) groups is 1. The zero-order valence-electron chi connectivity index (χ0n) is 14.7. The molecule has 2 aromatic rings. The molecule has 0 spiro atoms. The monoisotopic (exact) mass is 330 g/mol. The van der Waals surface area contributed by atoms with Crippen molar-refractivity contribution >= 4 is 11.6 Å². The van der Waals surface area contributed by atoms with Crippen LogP contribution in [0.1, 0.15) is 31.5 Å². The highest BCUT2D eigenvalue weighted by Gasteiger charge is 2.24. The van der Waals surface area contributed by atoms with E-state index >= 15 is 0 Å². The lowest BCUT2D eigenvalue weighted by atomic mass is 10.1. The van der Waals surface area contributed by atoms with Crippen molar-refractivity contribution in [1.29, 1.82) is 0 Å². The van der Waals surface area contributed by atoms with Gasteiger partial charge in [-0.2, -0.15) is 0 Å². The van der Waals surface area contributed by atoms with Crippen LogP contribution >= 0.6 is 0 Å². The van der Waals surface area contributed by atoms with Crippen LogP contribution < -0.4 is 5.32 Å². The Kier molecular flexibility index (Phi) is 5.16. The normalized spacial score (nSPS) is 19.1. The van der Waals surface area contributed by atoms with Gasteiger partial charge in [0, 0.05) is 31.5 Å². The molecular weight excluding hydrogens is 304 g/mol. The fraction of sp³-hybridized carbons (Fsp3) is 0.556. The van der Waals surface area contributed by atoms with E-state index in [2.05, 4.69) is 29.0 Å². The summed E-state index contributed by atoms with van der Waals surface area (Å²) in [4.78, 5) is 19.1. The maximum absolute atomic E-state index is 12.2. The van der Waals surface area contributed by atoms with Crippen LogP contribution in [-0.4, -0.2) is 52.0 Å². The number of rotatable bonds is 5. The van der Waals surface area contributed by atoms with Crippen molar-refractivity contribution < 1.29 is 9.53 Å². The molecule has 3 rings (SSSR count). The van der Waals surface area contributed by atoms with Gasteiger partial charge < -0.3 is 14.5 Å². The Bertz CT molecular complexity index is 710. The van der Waals surface area contributed by atoms with Crippen LogP contribution in [0.2, 0.25) is 0 Å². The van der Waals surface area contributed by atoms with Gasteiger partial charge in [-0.1, -0.05) is 0 Å². The fourth-order valence-electron chi connectivity index (χ4n) is 3.02. The van der Waals surface area contributed by atoms with Crippen molar-refractivity contribution in [1.82, 2.24) is 19.6 Å². The number of amides is 1. The van der Waals surface area contributed by atoms with Crippen LogP contribution in [0.3, 0.4) is 0 Å². The molecule has 3 heterocycles. The first-order chi connectivity index (χ1) is 11.5. The molecule has 0 bridgehead atoms. The van der Waals surface area contributed by atoms with Gasteiger partial charge in [0.15, 0.2) is 0 Å². The van der Waals surface area contributed by atoms with Crippen molar-refractivity contribution in [2.24, 2.45) is 0 Å². The molecule has 0 saturated carbocycles. The van der Waals surface area contributed by atoms with Crippen molar-refractivity contribution in [2.45, 2.75) is 45.9 Å². The number of fused-ring (bicyclic) bond motifs is 1. The second kappa shape index (κ2) is 7.32. The first-order valence-electron chi connectivity index (χ1n) is 8.58. The maximum atomic E-state index is 12.2. The highest BCUT2D eigenvalue weighted by molar-refractivity contribution is 5.76. The van der Waals surface area contributed by atoms with Gasteiger partial charge in [-0.05, 0) is 38.5 Å². The summed E-state index contributed by atoms with van der Waals surface area (Å²) in [6, 6.07) is 4.56. The third-order valence-electron chi connectivity index (χ3n) is 4.45. The first-order valence-corrected chi connectivity index (χ1v) is 8.58. The largest absolute Gasteiger partial charge is 0.375 e. The van der Waals surface area contributed by atoms with E-state index in [0.717, 1.165) is 24.4 Å². The van der Waals surface area contributed by atoms with E-state index in [9.17, 15) is 4.79 Å². The van der Waals surface area contributed by atoms with Crippen molar-refractivity contribution in [2.75, 3.05) is 19.7 Å². The standard InChI is InChI=1S/C18H26N4O2/c1-13(2)21-6-7-24-16(12-21)9-18(23)19-10-15-11-22-5-4-14(3)8-17(22)20-15/h4-5,8,11,13,16H,6-7,9-10,12H2,1-3H3,(H,19,23)/t16-/m1/s1. The van der Waals surface area contributed by atoms with E-state index in [4.69, 9.17) is 4.74 Å². The SMILES string of the molecule is Cc1ccn2cc(CNC(=O)C[C@@H]3CN(C(C)C)CCO3)nc2c1. The molecule has 1 aliphatic heterocycles. The molecule has 1 N–H and O–H groups in total. The Hall–Kier alpha value is -1.92. The van der Waals surface area contributed by atoms with E-state index in [1.165, 1.54) is 5.56 Å². The summed E-state index contributed by atoms with van der Waals surface area (Å²) in [6.45, 7) is 9.29. The van der Waals surface area contributed by atoms with Gasteiger partial charge in [0.05, 0.1) is 31.4 Å². The van der Waals surface area contributed by atoms with E-state index < -0.39 is 0 Å². The van der Waals surface area contributed by atoms with Crippen LogP contribution in [0.15, 0.2) is 24.5 Å². The summed E-state index contributed by atoms with van der Waals surface area (Å²) in [5, 5.41) is 2.95. The lowest BCUT2D eigenvalue weighted by Crippen LogP contribution is -2.47. The number of aryl methyl sites for hydroxylation is 1. The topological polar surface area (TPSA) is 58.9 Å². The highest BCUT2D eigenvalue weighted by Crippen LogP contribution is 2.12. The Balaban J connectivity index is 1.51. The minimum Gasteiger partial charge on any atom is -0.375 e. The molecule has 130 valence electrons. The van der Waals surface area contributed by atoms with Crippen molar-refractivity contribution in [3.63, 3.8) is 0 Å². The fourth-order valence-corrected chi connectivity index (χ4v) is 3.02.